The number of carbonyl (C=O) groups excluding carboxylic acids is 2. The molecular formula is C23H29ClN4O2. The molecule has 1 saturated heterocycles. The van der Waals surface area contributed by atoms with E-state index in [1.807, 2.05) is 32.9 Å². The number of nitrogens with zero attached hydrogens (tertiary/aromatic N) is 2. The second kappa shape index (κ2) is 9.06. The first-order valence-corrected chi connectivity index (χ1v) is 10.5. The van der Waals surface area contributed by atoms with Crippen molar-refractivity contribution in [1.82, 2.24) is 10.2 Å². The topological polar surface area (TPSA) is 64.7 Å². The van der Waals surface area contributed by atoms with Crippen LogP contribution in [0.5, 0.6) is 0 Å². The summed E-state index contributed by atoms with van der Waals surface area (Å²) < 4.78 is 0. The summed E-state index contributed by atoms with van der Waals surface area (Å²) in [5, 5.41) is 6.46. The maximum Gasteiger partial charge on any atom is 0.255 e. The number of rotatable bonds is 4. The van der Waals surface area contributed by atoms with Crippen LogP contribution in [-0.4, -0.2) is 55.5 Å². The predicted molar refractivity (Wildman–Crippen MR) is 123 cm³/mol. The number of amides is 2. The van der Waals surface area contributed by atoms with E-state index in [2.05, 4.69) is 27.5 Å². The van der Waals surface area contributed by atoms with Gasteiger partial charge in [0.2, 0.25) is 0 Å². The summed E-state index contributed by atoms with van der Waals surface area (Å²) in [4.78, 5) is 29.7. The fraction of sp³-hybridized carbons (Fsp3) is 0.391. The highest BCUT2D eigenvalue weighted by Crippen LogP contribution is 2.30. The Labute approximate surface area is 183 Å². The van der Waals surface area contributed by atoms with Crippen molar-refractivity contribution < 1.29 is 9.59 Å². The smallest absolute Gasteiger partial charge is 0.255 e. The third-order valence-corrected chi connectivity index (χ3v) is 5.18. The third-order valence-electron chi connectivity index (χ3n) is 4.95. The lowest BCUT2D eigenvalue weighted by molar-refractivity contribution is 0.0918. The van der Waals surface area contributed by atoms with Crippen LogP contribution in [0.2, 0.25) is 5.02 Å². The molecule has 3 rings (SSSR count). The number of anilines is 2. The molecule has 0 saturated carbocycles. The van der Waals surface area contributed by atoms with E-state index in [1.54, 1.807) is 30.3 Å². The fourth-order valence-electron chi connectivity index (χ4n) is 3.31. The molecule has 0 radical (unpaired) electrons. The van der Waals surface area contributed by atoms with Crippen LogP contribution in [0.3, 0.4) is 0 Å². The average molecular weight is 429 g/mol. The molecular weight excluding hydrogens is 400 g/mol. The number of benzene rings is 2. The van der Waals surface area contributed by atoms with Crippen LogP contribution < -0.4 is 15.5 Å². The quantitative estimate of drug-likeness (QED) is 0.775. The maximum absolute atomic E-state index is 12.8. The summed E-state index contributed by atoms with van der Waals surface area (Å²) in [5.41, 5.74) is 2.32. The molecule has 6 nitrogen and oxygen atoms in total. The summed E-state index contributed by atoms with van der Waals surface area (Å²) in [6, 6.07) is 12.2. The monoisotopic (exact) mass is 428 g/mol. The minimum atomic E-state index is -0.320. The molecule has 0 aromatic heterocycles. The Morgan fingerprint density at radius 3 is 2.03 bits per heavy atom. The van der Waals surface area contributed by atoms with E-state index < -0.39 is 0 Å². The van der Waals surface area contributed by atoms with Crippen molar-refractivity contribution in [3.63, 3.8) is 0 Å². The van der Waals surface area contributed by atoms with Crippen molar-refractivity contribution in [2.75, 3.05) is 43.4 Å². The van der Waals surface area contributed by atoms with Crippen LogP contribution in [0.1, 0.15) is 41.5 Å². The number of hydrogen-bond acceptors (Lipinski definition) is 4. The normalized spacial score (nSPS) is 15.0. The predicted octanol–water partition coefficient (Wildman–Crippen LogP) is 3.87. The SMILES string of the molecule is CN1CCN(c2ccc(Cl)cc2NC(=O)c2ccc(C(=O)NC(C)(C)C)cc2)CC1. The standard InChI is InChI=1S/C23H29ClN4O2/c1-23(2,3)26-22(30)17-7-5-16(6-8-17)21(29)25-19-15-18(24)9-10-20(19)28-13-11-27(4)12-14-28/h5-10,15H,11-14H2,1-4H3,(H,25,29)(H,26,30). The molecule has 1 heterocycles. The van der Waals surface area contributed by atoms with Crippen molar-refractivity contribution >= 4 is 34.8 Å². The van der Waals surface area contributed by atoms with Gasteiger partial charge in [0.15, 0.2) is 0 Å². The number of likely N-dealkylation sites (N-methyl/N-ethyl adjacent to an activating group) is 1. The molecule has 160 valence electrons. The first-order chi connectivity index (χ1) is 14.1. The van der Waals surface area contributed by atoms with Gasteiger partial charge in [0.25, 0.3) is 11.8 Å². The third kappa shape index (κ3) is 5.74. The van der Waals surface area contributed by atoms with E-state index in [-0.39, 0.29) is 17.4 Å². The van der Waals surface area contributed by atoms with Crippen LogP contribution in [-0.2, 0) is 0 Å². The summed E-state index contributed by atoms with van der Waals surface area (Å²) >= 11 is 6.19. The zero-order valence-electron chi connectivity index (χ0n) is 18.0. The van der Waals surface area contributed by atoms with Crippen LogP contribution in [0.15, 0.2) is 42.5 Å². The van der Waals surface area contributed by atoms with Gasteiger partial charge in [0.1, 0.15) is 0 Å². The summed E-state index contributed by atoms with van der Waals surface area (Å²) in [6.45, 7) is 9.49. The molecule has 0 atom stereocenters. The summed E-state index contributed by atoms with van der Waals surface area (Å²) in [6.07, 6.45) is 0. The lowest BCUT2D eigenvalue weighted by atomic mass is 10.1. The number of piperazine rings is 1. The van der Waals surface area contributed by atoms with Crippen LogP contribution in [0, 0.1) is 0 Å². The van der Waals surface area contributed by atoms with Gasteiger partial charge >= 0.3 is 0 Å². The second-order valence-electron chi connectivity index (χ2n) is 8.69. The van der Waals surface area contributed by atoms with Crippen LogP contribution in [0.4, 0.5) is 11.4 Å². The minimum absolute atomic E-state index is 0.165. The first kappa shape index (κ1) is 22.1. The highest BCUT2D eigenvalue weighted by molar-refractivity contribution is 6.31. The van der Waals surface area contributed by atoms with Gasteiger partial charge in [0.05, 0.1) is 11.4 Å². The first-order valence-electron chi connectivity index (χ1n) is 10.1. The van der Waals surface area contributed by atoms with Crippen LogP contribution in [0.25, 0.3) is 0 Å². The molecule has 1 aliphatic heterocycles. The molecule has 0 spiro atoms. The molecule has 0 aliphatic carbocycles. The van der Waals surface area contributed by atoms with Crippen molar-refractivity contribution in [3.05, 3.63) is 58.6 Å². The zero-order valence-corrected chi connectivity index (χ0v) is 18.7. The van der Waals surface area contributed by atoms with Crippen LogP contribution >= 0.6 is 11.6 Å². The lowest BCUT2D eigenvalue weighted by Crippen LogP contribution is -2.44. The number of halogens is 1. The van der Waals surface area contributed by atoms with Crippen molar-refractivity contribution in [2.45, 2.75) is 26.3 Å². The van der Waals surface area contributed by atoms with Gasteiger partial charge in [-0.1, -0.05) is 11.6 Å². The molecule has 2 N–H and O–H groups in total. The van der Waals surface area contributed by atoms with Crippen molar-refractivity contribution in [3.8, 4) is 0 Å². The molecule has 30 heavy (non-hydrogen) atoms. The molecule has 1 fully saturated rings. The maximum atomic E-state index is 12.8. The highest BCUT2D eigenvalue weighted by Gasteiger charge is 2.19. The molecule has 7 heteroatoms. The Balaban J connectivity index is 1.74. The Morgan fingerprint density at radius 2 is 1.47 bits per heavy atom. The summed E-state index contributed by atoms with van der Waals surface area (Å²) in [5.74, 6) is -0.405. The molecule has 0 unspecified atom stereocenters. The van der Waals surface area contributed by atoms with Gasteiger partial charge in [-0.25, -0.2) is 0 Å². The zero-order chi connectivity index (χ0) is 21.9. The van der Waals surface area contributed by atoms with Gasteiger partial charge in [-0.15, -0.1) is 0 Å². The molecule has 1 aliphatic rings. The van der Waals surface area contributed by atoms with E-state index in [0.29, 0.717) is 21.8 Å². The van der Waals surface area contributed by atoms with E-state index in [1.165, 1.54) is 0 Å². The van der Waals surface area contributed by atoms with Crippen molar-refractivity contribution in [1.29, 1.82) is 0 Å². The lowest BCUT2D eigenvalue weighted by Gasteiger charge is -2.35. The van der Waals surface area contributed by atoms with Crippen molar-refractivity contribution in [2.24, 2.45) is 0 Å². The highest BCUT2D eigenvalue weighted by atomic mass is 35.5. The molecule has 2 aromatic carbocycles. The Hall–Kier alpha value is -2.57. The number of hydrogen-bond donors (Lipinski definition) is 2. The van der Waals surface area contributed by atoms with Gasteiger partial charge in [-0.2, -0.15) is 0 Å². The number of carbonyl (C=O) groups is 2. The van der Waals surface area contributed by atoms with E-state index in [0.717, 1.165) is 31.9 Å². The van der Waals surface area contributed by atoms with E-state index in [4.69, 9.17) is 11.6 Å². The van der Waals surface area contributed by atoms with E-state index >= 15 is 0 Å². The van der Waals surface area contributed by atoms with Gasteiger partial charge in [-0.05, 0) is 70.3 Å². The molecule has 2 amide bonds. The van der Waals surface area contributed by atoms with Gasteiger partial charge in [0, 0.05) is 47.9 Å². The average Bonchev–Trinajstić information content (AvgIpc) is 2.68. The minimum Gasteiger partial charge on any atom is -0.367 e. The number of nitrogens with one attached hydrogen (secondary N) is 2. The van der Waals surface area contributed by atoms with Gasteiger partial charge in [-0.3, -0.25) is 9.59 Å². The van der Waals surface area contributed by atoms with E-state index in [9.17, 15) is 9.59 Å². The molecule has 2 aromatic rings. The fourth-order valence-corrected chi connectivity index (χ4v) is 3.48. The Morgan fingerprint density at radius 1 is 0.900 bits per heavy atom. The second-order valence-corrected chi connectivity index (χ2v) is 9.12. The largest absolute Gasteiger partial charge is 0.367 e. The molecule has 0 bridgehead atoms. The summed E-state index contributed by atoms with van der Waals surface area (Å²) in [7, 11) is 2.10. The Bertz CT molecular complexity index is 914. The van der Waals surface area contributed by atoms with Gasteiger partial charge < -0.3 is 20.4 Å². The Kier molecular flexibility index (Phi) is 6.68.